The maximum Gasteiger partial charge on any atom is 0.296 e. The molecular weight excluding hydrogens is 376 g/mol. The minimum Gasteiger partial charge on any atom is -0.348 e. The lowest BCUT2D eigenvalue weighted by Crippen LogP contribution is -2.28. The molecule has 1 amide bonds. The zero-order chi connectivity index (χ0) is 20.0. The number of halogens is 1. The van der Waals surface area contributed by atoms with E-state index in [-0.39, 0.29) is 17.9 Å². The molecule has 0 atom stereocenters. The van der Waals surface area contributed by atoms with Crippen molar-refractivity contribution >= 4 is 39.3 Å². The largest absolute Gasteiger partial charge is 0.348 e. The number of carbonyl (C=O) groups is 1. The molecule has 6 nitrogen and oxygen atoms in total. The van der Waals surface area contributed by atoms with E-state index in [0.29, 0.717) is 27.3 Å². The first-order valence-corrected chi connectivity index (χ1v) is 9.22. The highest BCUT2D eigenvalue weighted by Gasteiger charge is 2.22. The number of nitrogens with zero attached hydrogens (tertiary/aromatic N) is 4. The van der Waals surface area contributed by atoms with Gasteiger partial charge in [-0.3, -0.25) is 9.59 Å². The molecule has 7 heteroatoms. The minimum absolute atomic E-state index is 0.0856. The Kier molecular flexibility index (Phi) is 4.43. The molecule has 0 saturated carbocycles. The first-order chi connectivity index (χ1) is 13.4. The Labute approximate surface area is 166 Å². The molecule has 0 unspecified atom stereocenters. The summed E-state index contributed by atoms with van der Waals surface area (Å²) in [6.45, 7) is 0. The molecule has 0 spiro atoms. The Bertz CT molecular complexity index is 1270. The van der Waals surface area contributed by atoms with E-state index in [1.807, 2.05) is 49.5 Å². The summed E-state index contributed by atoms with van der Waals surface area (Å²) in [6, 6.07) is 14.7. The molecule has 4 aromatic rings. The van der Waals surface area contributed by atoms with Gasteiger partial charge in [0.15, 0.2) is 0 Å². The van der Waals surface area contributed by atoms with Crippen LogP contribution in [0.4, 0.5) is 0 Å². The summed E-state index contributed by atoms with van der Waals surface area (Å²) in [5.74, 6) is -0.0916. The van der Waals surface area contributed by atoms with Gasteiger partial charge in [0.2, 0.25) is 5.91 Å². The monoisotopic (exact) mass is 394 g/mol. The predicted molar refractivity (Wildman–Crippen MR) is 111 cm³/mol. The topological polar surface area (TPSA) is 60.1 Å². The van der Waals surface area contributed by atoms with Crippen LogP contribution < -0.4 is 5.56 Å². The number of fused-ring (bicyclic) bond motifs is 3. The first-order valence-electron chi connectivity index (χ1n) is 8.84. The summed E-state index contributed by atoms with van der Waals surface area (Å²) in [5.41, 5.74) is 2.16. The molecule has 0 aliphatic rings. The van der Waals surface area contributed by atoms with Crippen molar-refractivity contribution in [2.45, 2.75) is 6.42 Å². The third kappa shape index (κ3) is 2.77. The number of para-hydroxylation sites is 2. The van der Waals surface area contributed by atoms with Gasteiger partial charge in [0, 0.05) is 31.9 Å². The van der Waals surface area contributed by atoms with Gasteiger partial charge in [-0.05, 0) is 18.2 Å². The number of amides is 1. The van der Waals surface area contributed by atoms with Gasteiger partial charge in [-0.15, -0.1) is 0 Å². The number of hydrogen-bond acceptors (Lipinski definition) is 3. The van der Waals surface area contributed by atoms with Crippen molar-refractivity contribution in [3.8, 4) is 5.69 Å². The van der Waals surface area contributed by atoms with Gasteiger partial charge in [-0.1, -0.05) is 41.9 Å². The highest BCUT2D eigenvalue weighted by Crippen LogP contribution is 2.33. The summed E-state index contributed by atoms with van der Waals surface area (Å²) >= 11 is 6.43. The number of benzene rings is 2. The van der Waals surface area contributed by atoms with Gasteiger partial charge >= 0.3 is 0 Å². The molecule has 2 heterocycles. The van der Waals surface area contributed by atoms with E-state index in [1.165, 1.54) is 9.58 Å². The molecule has 2 aromatic carbocycles. The van der Waals surface area contributed by atoms with E-state index >= 15 is 0 Å². The fourth-order valence-electron chi connectivity index (χ4n) is 3.49. The summed E-state index contributed by atoms with van der Waals surface area (Å²) in [4.78, 5) is 27.3. The highest BCUT2D eigenvalue weighted by molar-refractivity contribution is 6.36. The molecule has 0 saturated heterocycles. The van der Waals surface area contributed by atoms with Crippen LogP contribution in [0.25, 0.3) is 27.5 Å². The van der Waals surface area contributed by atoms with E-state index in [1.54, 1.807) is 24.7 Å². The molecule has 28 heavy (non-hydrogen) atoms. The van der Waals surface area contributed by atoms with Gasteiger partial charge in [0.05, 0.1) is 28.3 Å². The number of aryl methyl sites for hydroxylation is 1. The number of carbonyl (C=O) groups excluding carboxylic acids is 1. The lowest BCUT2D eigenvalue weighted by atomic mass is 10.1. The van der Waals surface area contributed by atoms with E-state index in [2.05, 4.69) is 5.10 Å². The fourth-order valence-corrected chi connectivity index (χ4v) is 3.79. The molecule has 4 rings (SSSR count). The lowest BCUT2D eigenvalue weighted by molar-refractivity contribution is -0.128. The summed E-state index contributed by atoms with van der Waals surface area (Å²) in [6.07, 6.45) is 0.0856. The Balaban J connectivity index is 2.15. The van der Waals surface area contributed by atoms with Crippen LogP contribution in [-0.4, -0.2) is 39.3 Å². The van der Waals surface area contributed by atoms with Gasteiger partial charge in [0.1, 0.15) is 5.52 Å². The summed E-state index contributed by atoms with van der Waals surface area (Å²) < 4.78 is 3.15. The maximum absolute atomic E-state index is 13.3. The molecular formula is C21H19ClN4O2. The molecule has 2 aromatic heterocycles. The van der Waals surface area contributed by atoms with Crippen molar-refractivity contribution in [3.63, 3.8) is 0 Å². The van der Waals surface area contributed by atoms with Gasteiger partial charge in [-0.25, -0.2) is 0 Å². The normalized spacial score (nSPS) is 11.3. The van der Waals surface area contributed by atoms with Crippen LogP contribution in [0.1, 0.15) is 5.69 Å². The van der Waals surface area contributed by atoms with Crippen LogP contribution in [0.5, 0.6) is 0 Å². The molecule has 0 aliphatic heterocycles. The highest BCUT2D eigenvalue weighted by atomic mass is 35.5. The Morgan fingerprint density at radius 2 is 1.79 bits per heavy atom. The zero-order valence-electron chi connectivity index (χ0n) is 15.8. The third-order valence-corrected chi connectivity index (χ3v) is 5.19. The van der Waals surface area contributed by atoms with Crippen LogP contribution in [-0.2, 0) is 18.3 Å². The fraction of sp³-hybridized carbons (Fsp3) is 0.190. The van der Waals surface area contributed by atoms with E-state index in [9.17, 15) is 9.59 Å². The van der Waals surface area contributed by atoms with Crippen molar-refractivity contribution in [1.82, 2.24) is 19.2 Å². The Morgan fingerprint density at radius 3 is 2.46 bits per heavy atom. The quantitative estimate of drug-likeness (QED) is 0.536. The molecule has 0 radical (unpaired) electrons. The maximum atomic E-state index is 13.3. The number of rotatable bonds is 3. The lowest BCUT2D eigenvalue weighted by Gasteiger charge is -2.13. The number of aromatic nitrogens is 3. The molecule has 0 aliphatic carbocycles. The van der Waals surface area contributed by atoms with Crippen LogP contribution in [0.2, 0.25) is 5.02 Å². The summed E-state index contributed by atoms with van der Waals surface area (Å²) in [7, 11) is 5.21. The SMILES string of the molecule is CN(C)C(=O)Cc1nn(-c2ccccc2)c(=O)c2c1c1cccc(Cl)c1n2C. The molecule has 0 N–H and O–H groups in total. The number of likely N-dealkylation sites (N-methyl/N-ethyl adjacent to an activating group) is 1. The van der Waals surface area contributed by atoms with Crippen molar-refractivity contribution in [2.75, 3.05) is 14.1 Å². The second-order valence-electron chi connectivity index (χ2n) is 6.88. The smallest absolute Gasteiger partial charge is 0.296 e. The van der Waals surface area contributed by atoms with E-state index in [0.717, 1.165) is 10.9 Å². The Morgan fingerprint density at radius 1 is 1.07 bits per heavy atom. The summed E-state index contributed by atoms with van der Waals surface area (Å²) in [5, 5.41) is 6.62. The average molecular weight is 395 g/mol. The van der Waals surface area contributed by atoms with E-state index in [4.69, 9.17) is 11.6 Å². The second-order valence-corrected chi connectivity index (χ2v) is 7.29. The van der Waals surface area contributed by atoms with Crippen molar-refractivity contribution in [1.29, 1.82) is 0 Å². The van der Waals surface area contributed by atoms with Gasteiger partial charge in [-0.2, -0.15) is 9.78 Å². The Hall–Kier alpha value is -3.12. The molecule has 0 bridgehead atoms. The zero-order valence-corrected chi connectivity index (χ0v) is 16.6. The van der Waals surface area contributed by atoms with Crippen LogP contribution in [0.15, 0.2) is 53.3 Å². The molecule has 142 valence electrons. The second kappa shape index (κ2) is 6.80. The van der Waals surface area contributed by atoms with Crippen LogP contribution >= 0.6 is 11.6 Å². The van der Waals surface area contributed by atoms with Gasteiger partial charge in [0.25, 0.3) is 5.56 Å². The van der Waals surface area contributed by atoms with E-state index < -0.39 is 0 Å². The average Bonchev–Trinajstić information content (AvgIpc) is 2.99. The van der Waals surface area contributed by atoms with Crippen molar-refractivity contribution in [2.24, 2.45) is 7.05 Å². The van der Waals surface area contributed by atoms with Crippen molar-refractivity contribution < 1.29 is 4.79 Å². The third-order valence-electron chi connectivity index (χ3n) is 4.89. The van der Waals surface area contributed by atoms with Crippen LogP contribution in [0, 0.1) is 0 Å². The predicted octanol–water partition coefficient (Wildman–Crippen LogP) is 3.16. The van der Waals surface area contributed by atoms with Crippen molar-refractivity contribution in [3.05, 3.63) is 69.6 Å². The standard InChI is InChI=1S/C21H19ClN4O2/c1-24(2)17(27)12-16-18-14-10-7-11-15(22)19(14)25(3)20(18)21(28)26(23-16)13-8-5-4-6-9-13/h4-11H,12H2,1-3H3. The number of hydrogen-bond donors (Lipinski definition) is 0. The molecule has 0 fully saturated rings. The first kappa shape index (κ1) is 18.3. The van der Waals surface area contributed by atoms with Crippen LogP contribution in [0.3, 0.4) is 0 Å². The minimum atomic E-state index is -0.253. The van der Waals surface area contributed by atoms with Gasteiger partial charge < -0.3 is 9.47 Å².